The van der Waals surface area contributed by atoms with Gasteiger partial charge in [-0.05, 0) is 97.3 Å². The number of nitrogens with zero attached hydrogens (tertiary/aromatic N) is 1. The molecular weight excluding hydrogens is 641 g/mol. The number of methoxy groups -OCH3 is 3. The Balaban J connectivity index is 1.40. The molecule has 0 fully saturated rings. The van der Waals surface area contributed by atoms with Crippen molar-refractivity contribution in [1.29, 1.82) is 0 Å². The van der Waals surface area contributed by atoms with Crippen molar-refractivity contribution in [1.82, 2.24) is 10.2 Å². The fraction of sp³-hybridized carbons (Fsp3) is 0.257. The third-order valence-corrected chi connectivity index (χ3v) is 8.83. The van der Waals surface area contributed by atoms with Crippen LogP contribution >= 0.6 is 0 Å². The van der Waals surface area contributed by atoms with Crippen LogP contribution in [0, 0.1) is 5.82 Å². The molecule has 0 radical (unpaired) electrons. The summed E-state index contributed by atoms with van der Waals surface area (Å²) in [6, 6.07) is 22.2. The predicted octanol–water partition coefficient (Wildman–Crippen LogP) is 4.81. The highest BCUT2D eigenvalue weighted by Gasteiger charge is 2.26. The van der Waals surface area contributed by atoms with Crippen LogP contribution in [0.1, 0.15) is 18.1 Å². The molecule has 0 aliphatic rings. The molecular formula is C35H38FN3O8S. The van der Waals surface area contributed by atoms with E-state index in [1.54, 1.807) is 58.6 Å². The zero-order valence-corrected chi connectivity index (χ0v) is 27.9. The van der Waals surface area contributed by atoms with Crippen LogP contribution in [0.5, 0.6) is 23.0 Å². The number of halogens is 1. The van der Waals surface area contributed by atoms with E-state index in [4.69, 9.17) is 18.9 Å². The van der Waals surface area contributed by atoms with E-state index in [-0.39, 0.29) is 28.8 Å². The van der Waals surface area contributed by atoms with Gasteiger partial charge >= 0.3 is 0 Å². The number of carbonyl (C=O) groups is 2. The number of ether oxygens (including phenoxy) is 4. The quantitative estimate of drug-likeness (QED) is 0.173. The minimum atomic E-state index is -3.95. The van der Waals surface area contributed by atoms with Crippen LogP contribution in [0.25, 0.3) is 0 Å². The van der Waals surface area contributed by atoms with Gasteiger partial charge < -0.3 is 29.2 Å². The third kappa shape index (κ3) is 9.61. The Hall–Kier alpha value is -5.30. The van der Waals surface area contributed by atoms with Gasteiger partial charge in [0, 0.05) is 18.8 Å². The first-order chi connectivity index (χ1) is 23.0. The van der Waals surface area contributed by atoms with Crippen LogP contribution in [0.15, 0.2) is 95.9 Å². The number of amides is 2. The molecule has 13 heteroatoms. The molecule has 4 aromatic carbocycles. The van der Waals surface area contributed by atoms with Gasteiger partial charge in [0.05, 0.1) is 26.2 Å². The number of hydrogen-bond acceptors (Lipinski definition) is 8. The number of benzene rings is 4. The molecule has 11 nitrogen and oxygen atoms in total. The highest BCUT2D eigenvalue weighted by molar-refractivity contribution is 7.92. The third-order valence-electron chi connectivity index (χ3n) is 7.43. The average molecular weight is 680 g/mol. The maximum atomic E-state index is 13.5. The van der Waals surface area contributed by atoms with Crippen molar-refractivity contribution in [3.63, 3.8) is 0 Å². The molecule has 0 unspecified atom stereocenters. The van der Waals surface area contributed by atoms with E-state index in [1.807, 2.05) is 12.1 Å². The van der Waals surface area contributed by atoms with E-state index in [0.717, 1.165) is 23.3 Å². The number of hydrogen-bond donors (Lipinski definition) is 2. The van der Waals surface area contributed by atoms with Crippen LogP contribution < -0.4 is 29.0 Å². The van der Waals surface area contributed by atoms with Gasteiger partial charge in [0.25, 0.3) is 15.9 Å². The van der Waals surface area contributed by atoms with Gasteiger partial charge in [0.2, 0.25) is 5.91 Å². The van der Waals surface area contributed by atoms with Crippen molar-refractivity contribution in [2.75, 3.05) is 39.2 Å². The van der Waals surface area contributed by atoms with Crippen LogP contribution in [0.2, 0.25) is 0 Å². The van der Waals surface area contributed by atoms with E-state index in [1.165, 1.54) is 41.3 Å². The lowest BCUT2D eigenvalue weighted by Crippen LogP contribution is -2.49. The van der Waals surface area contributed by atoms with E-state index in [2.05, 4.69) is 10.0 Å². The van der Waals surface area contributed by atoms with Crippen molar-refractivity contribution in [2.45, 2.75) is 30.8 Å². The van der Waals surface area contributed by atoms with Crippen LogP contribution in [-0.2, 0) is 32.6 Å². The Labute approximate surface area is 279 Å². The summed E-state index contributed by atoms with van der Waals surface area (Å²) in [6.45, 7) is 1.69. The second kappa shape index (κ2) is 16.5. The van der Waals surface area contributed by atoms with E-state index in [9.17, 15) is 22.4 Å². The number of rotatable bonds is 16. The van der Waals surface area contributed by atoms with Gasteiger partial charge in [0.15, 0.2) is 18.1 Å². The molecule has 48 heavy (non-hydrogen) atoms. The van der Waals surface area contributed by atoms with Crippen LogP contribution in [0.3, 0.4) is 0 Å². The molecule has 0 saturated carbocycles. The van der Waals surface area contributed by atoms with Crippen molar-refractivity contribution >= 4 is 27.5 Å². The Morgan fingerprint density at radius 3 is 2.04 bits per heavy atom. The number of nitrogens with one attached hydrogen (secondary N) is 2. The summed E-state index contributed by atoms with van der Waals surface area (Å²) >= 11 is 0. The largest absolute Gasteiger partial charge is 0.497 e. The minimum Gasteiger partial charge on any atom is -0.497 e. The lowest BCUT2D eigenvalue weighted by Gasteiger charge is -2.29. The zero-order chi connectivity index (χ0) is 34.7. The summed E-state index contributed by atoms with van der Waals surface area (Å²) in [7, 11) is 0.720. The highest BCUT2D eigenvalue weighted by atomic mass is 32.2. The average Bonchev–Trinajstić information content (AvgIpc) is 3.10. The van der Waals surface area contributed by atoms with Crippen LogP contribution in [-0.4, -0.2) is 65.7 Å². The molecule has 0 aromatic heterocycles. The lowest BCUT2D eigenvalue weighted by atomic mass is 10.1. The van der Waals surface area contributed by atoms with E-state index >= 15 is 0 Å². The molecule has 0 bridgehead atoms. The molecule has 0 aliphatic carbocycles. The van der Waals surface area contributed by atoms with E-state index < -0.39 is 34.4 Å². The number of anilines is 1. The summed E-state index contributed by atoms with van der Waals surface area (Å²) in [5.41, 5.74) is 1.92. The summed E-state index contributed by atoms with van der Waals surface area (Å²) < 4.78 is 62.7. The molecule has 254 valence electrons. The van der Waals surface area contributed by atoms with E-state index in [0.29, 0.717) is 30.2 Å². The van der Waals surface area contributed by atoms with Crippen molar-refractivity contribution in [3.8, 4) is 23.0 Å². The monoisotopic (exact) mass is 679 g/mol. The first-order valence-corrected chi connectivity index (χ1v) is 16.4. The van der Waals surface area contributed by atoms with Crippen LogP contribution in [0.4, 0.5) is 10.1 Å². The standard InChI is InChI=1S/C35H38FN3O8S/c1-24(35(41)37-20-19-25-7-18-32(45-3)33(21-25)46-4)39(22-26-5-12-29(44-2)13-6-26)34(40)23-47-30-14-16-31(17-15-30)48(42,43)38-28-10-8-27(36)9-11-28/h5-18,21,24,38H,19-20,22-23H2,1-4H3,(H,37,41)/t24-/m0/s1. The summed E-state index contributed by atoms with van der Waals surface area (Å²) in [4.78, 5) is 28.1. The Bertz CT molecular complexity index is 1780. The molecule has 1 atom stereocenters. The minimum absolute atomic E-state index is 0.0509. The van der Waals surface area contributed by atoms with Gasteiger partial charge in [-0.3, -0.25) is 14.3 Å². The first-order valence-electron chi connectivity index (χ1n) is 14.9. The van der Waals surface area contributed by atoms with Gasteiger partial charge in [-0.25, -0.2) is 12.8 Å². The second-order valence-corrected chi connectivity index (χ2v) is 12.3. The maximum absolute atomic E-state index is 13.5. The fourth-order valence-corrected chi connectivity index (χ4v) is 5.76. The molecule has 0 saturated heterocycles. The molecule has 2 N–H and O–H groups in total. The van der Waals surface area contributed by atoms with Crippen molar-refractivity contribution < 1.29 is 41.3 Å². The topological polar surface area (TPSA) is 132 Å². The fourth-order valence-electron chi connectivity index (χ4n) is 4.70. The Morgan fingerprint density at radius 2 is 1.42 bits per heavy atom. The normalized spacial score (nSPS) is 11.6. The summed E-state index contributed by atoms with van der Waals surface area (Å²) in [5, 5.41) is 2.90. The number of carbonyl (C=O) groups excluding carboxylic acids is 2. The molecule has 4 aromatic rings. The van der Waals surface area contributed by atoms with Gasteiger partial charge in [-0.1, -0.05) is 18.2 Å². The molecule has 2 amide bonds. The Morgan fingerprint density at radius 1 is 0.792 bits per heavy atom. The summed E-state index contributed by atoms with van der Waals surface area (Å²) in [6.07, 6.45) is 0.527. The zero-order valence-electron chi connectivity index (χ0n) is 27.1. The lowest BCUT2D eigenvalue weighted by molar-refractivity contribution is -0.142. The smallest absolute Gasteiger partial charge is 0.261 e. The molecule has 4 rings (SSSR count). The molecule has 0 aliphatic heterocycles. The predicted molar refractivity (Wildman–Crippen MR) is 178 cm³/mol. The molecule has 0 spiro atoms. The highest BCUT2D eigenvalue weighted by Crippen LogP contribution is 2.27. The molecule has 0 heterocycles. The van der Waals surface area contributed by atoms with Gasteiger partial charge in [-0.15, -0.1) is 0 Å². The maximum Gasteiger partial charge on any atom is 0.261 e. The summed E-state index contributed by atoms with van der Waals surface area (Å²) in [5.74, 6) is 0.804. The number of sulfonamides is 1. The SMILES string of the molecule is COc1ccc(CN(C(=O)COc2ccc(S(=O)(=O)Nc3ccc(F)cc3)cc2)[C@@H](C)C(=O)NCCc2ccc(OC)c(OC)c2)cc1. The Kier molecular flexibility index (Phi) is 12.2. The first kappa shape index (κ1) is 35.6. The van der Waals surface area contributed by atoms with Gasteiger partial charge in [0.1, 0.15) is 23.4 Å². The second-order valence-electron chi connectivity index (χ2n) is 10.6. The van der Waals surface area contributed by atoms with Crippen molar-refractivity contribution in [2.24, 2.45) is 0 Å². The van der Waals surface area contributed by atoms with Gasteiger partial charge in [-0.2, -0.15) is 0 Å². The van der Waals surface area contributed by atoms with Crippen molar-refractivity contribution in [3.05, 3.63) is 108 Å².